The van der Waals surface area contributed by atoms with Crippen molar-refractivity contribution in [2.45, 2.75) is 18.8 Å². The van der Waals surface area contributed by atoms with E-state index >= 15 is 0 Å². The van der Waals surface area contributed by atoms with Crippen LogP contribution >= 0.6 is 11.6 Å². The SMILES string of the molecule is O=C(C1CCOc2ccccc21)N(CCCl)CC(F)F. The van der Waals surface area contributed by atoms with Crippen LogP contribution in [0.15, 0.2) is 24.3 Å². The number of fused-ring (bicyclic) bond motifs is 1. The van der Waals surface area contributed by atoms with Crippen LogP contribution in [0, 0.1) is 0 Å². The van der Waals surface area contributed by atoms with Crippen LogP contribution < -0.4 is 4.74 Å². The number of alkyl halides is 3. The van der Waals surface area contributed by atoms with Crippen LogP contribution in [0.4, 0.5) is 8.78 Å². The summed E-state index contributed by atoms with van der Waals surface area (Å²) in [7, 11) is 0. The van der Waals surface area contributed by atoms with Crippen molar-refractivity contribution < 1.29 is 18.3 Å². The topological polar surface area (TPSA) is 29.5 Å². The zero-order chi connectivity index (χ0) is 14.5. The quantitative estimate of drug-likeness (QED) is 0.783. The normalized spacial score (nSPS) is 17.5. The number of benzene rings is 1. The summed E-state index contributed by atoms with van der Waals surface area (Å²) in [4.78, 5) is 13.6. The predicted molar refractivity (Wildman–Crippen MR) is 72.6 cm³/mol. The maximum Gasteiger partial charge on any atom is 0.255 e. The lowest BCUT2D eigenvalue weighted by Crippen LogP contribution is -2.40. The Bertz CT molecular complexity index is 470. The van der Waals surface area contributed by atoms with Crippen molar-refractivity contribution >= 4 is 17.5 Å². The van der Waals surface area contributed by atoms with Gasteiger partial charge in [0, 0.05) is 18.0 Å². The Morgan fingerprint density at radius 3 is 2.90 bits per heavy atom. The maximum atomic E-state index is 12.6. The van der Waals surface area contributed by atoms with Gasteiger partial charge in [-0.2, -0.15) is 0 Å². The molecule has 0 N–H and O–H groups in total. The van der Waals surface area contributed by atoms with Gasteiger partial charge >= 0.3 is 0 Å². The molecular weight excluding hydrogens is 288 g/mol. The molecule has 0 saturated carbocycles. The Labute approximate surface area is 121 Å². The Hall–Kier alpha value is -1.36. The molecule has 6 heteroatoms. The molecule has 0 bridgehead atoms. The maximum absolute atomic E-state index is 12.6. The Kier molecular flexibility index (Phi) is 5.17. The first kappa shape index (κ1) is 15.0. The highest BCUT2D eigenvalue weighted by atomic mass is 35.5. The third kappa shape index (κ3) is 3.39. The summed E-state index contributed by atoms with van der Waals surface area (Å²) in [5, 5.41) is 0. The largest absolute Gasteiger partial charge is 0.493 e. The number of carbonyl (C=O) groups excluding carboxylic acids is 1. The first-order valence-corrected chi connectivity index (χ1v) is 7.01. The zero-order valence-electron chi connectivity index (χ0n) is 10.9. The van der Waals surface area contributed by atoms with Crippen molar-refractivity contribution in [3.8, 4) is 5.75 Å². The lowest BCUT2D eigenvalue weighted by molar-refractivity contribution is -0.135. The molecular formula is C14H16ClF2NO2. The van der Waals surface area contributed by atoms with E-state index < -0.39 is 18.9 Å². The van der Waals surface area contributed by atoms with Gasteiger partial charge in [0.2, 0.25) is 5.91 Å². The number of para-hydroxylation sites is 1. The molecule has 0 spiro atoms. The van der Waals surface area contributed by atoms with E-state index in [4.69, 9.17) is 16.3 Å². The summed E-state index contributed by atoms with van der Waals surface area (Å²) in [5.41, 5.74) is 0.762. The Morgan fingerprint density at radius 2 is 2.20 bits per heavy atom. The summed E-state index contributed by atoms with van der Waals surface area (Å²) < 4.78 is 30.6. The summed E-state index contributed by atoms with van der Waals surface area (Å²) in [6.45, 7) is -0.0356. The smallest absolute Gasteiger partial charge is 0.255 e. The summed E-state index contributed by atoms with van der Waals surface area (Å²) in [6.07, 6.45) is -2.06. The van der Waals surface area contributed by atoms with Crippen molar-refractivity contribution in [3.05, 3.63) is 29.8 Å². The molecule has 0 radical (unpaired) electrons. The van der Waals surface area contributed by atoms with Gasteiger partial charge in [0.15, 0.2) is 0 Å². The van der Waals surface area contributed by atoms with E-state index in [9.17, 15) is 13.6 Å². The minimum absolute atomic E-state index is 0.129. The number of amides is 1. The molecule has 1 heterocycles. The second-order valence-electron chi connectivity index (χ2n) is 4.59. The molecule has 0 fully saturated rings. The molecule has 1 aliphatic rings. The van der Waals surface area contributed by atoms with Crippen LogP contribution in [-0.2, 0) is 4.79 Å². The molecule has 1 aliphatic heterocycles. The highest BCUT2D eigenvalue weighted by molar-refractivity contribution is 6.18. The molecule has 1 atom stereocenters. The summed E-state index contributed by atoms with van der Waals surface area (Å²) >= 11 is 5.60. The van der Waals surface area contributed by atoms with Crippen molar-refractivity contribution in [1.29, 1.82) is 0 Å². The molecule has 0 aromatic heterocycles. The average molecular weight is 304 g/mol. The van der Waals surface area contributed by atoms with E-state index in [0.29, 0.717) is 18.8 Å². The molecule has 3 nitrogen and oxygen atoms in total. The molecule has 1 aromatic rings. The van der Waals surface area contributed by atoms with Crippen LogP contribution in [0.2, 0.25) is 0 Å². The Balaban J connectivity index is 2.19. The highest BCUT2D eigenvalue weighted by Crippen LogP contribution is 2.34. The number of rotatable bonds is 5. The molecule has 0 saturated heterocycles. The van der Waals surface area contributed by atoms with E-state index in [-0.39, 0.29) is 18.3 Å². The second-order valence-corrected chi connectivity index (χ2v) is 4.97. The number of hydrogen-bond acceptors (Lipinski definition) is 2. The average Bonchev–Trinajstić information content (AvgIpc) is 2.45. The van der Waals surface area contributed by atoms with Crippen molar-refractivity contribution in [2.24, 2.45) is 0 Å². The lowest BCUT2D eigenvalue weighted by atomic mass is 9.92. The van der Waals surface area contributed by atoms with Gasteiger partial charge in [0.25, 0.3) is 6.43 Å². The van der Waals surface area contributed by atoms with Gasteiger partial charge in [-0.1, -0.05) is 18.2 Å². The third-order valence-electron chi connectivity index (χ3n) is 3.28. The lowest BCUT2D eigenvalue weighted by Gasteiger charge is -2.30. The van der Waals surface area contributed by atoms with Gasteiger partial charge in [0.1, 0.15) is 5.75 Å². The zero-order valence-corrected chi connectivity index (χ0v) is 11.7. The minimum atomic E-state index is -2.56. The second kappa shape index (κ2) is 6.88. The number of halogens is 3. The number of ether oxygens (including phenoxy) is 1. The van der Waals surface area contributed by atoms with Crippen LogP contribution in [0.3, 0.4) is 0 Å². The van der Waals surface area contributed by atoms with Gasteiger partial charge in [-0.15, -0.1) is 11.6 Å². The Morgan fingerprint density at radius 1 is 1.45 bits per heavy atom. The van der Waals surface area contributed by atoms with Gasteiger partial charge in [0.05, 0.1) is 19.1 Å². The van der Waals surface area contributed by atoms with E-state index in [1.54, 1.807) is 12.1 Å². The molecule has 0 aliphatic carbocycles. The van der Waals surface area contributed by atoms with Gasteiger partial charge < -0.3 is 9.64 Å². The van der Waals surface area contributed by atoms with E-state index in [2.05, 4.69) is 0 Å². The van der Waals surface area contributed by atoms with Gasteiger partial charge in [-0.3, -0.25) is 4.79 Å². The predicted octanol–water partition coefficient (Wildman–Crippen LogP) is 2.89. The number of carbonyl (C=O) groups is 1. The van der Waals surface area contributed by atoms with E-state index in [0.717, 1.165) is 10.5 Å². The van der Waals surface area contributed by atoms with Crippen LogP contribution in [0.5, 0.6) is 5.75 Å². The first-order chi connectivity index (χ1) is 9.63. The molecule has 1 aromatic carbocycles. The fourth-order valence-electron chi connectivity index (χ4n) is 2.38. The molecule has 1 amide bonds. The van der Waals surface area contributed by atoms with Gasteiger partial charge in [-0.25, -0.2) is 8.78 Å². The van der Waals surface area contributed by atoms with Crippen molar-refractivity contribution in [1.82, 2.24) is 4.90 Å². The first-order valence-electron chi connectivity index (χ1n) is 6.48. The monoisotopic (exact) mass is 303 g/mol. The fraction of sp³-hybridized carbons (Fsp3) is 0.500. The highest BCUT2D eigenvalue weighted by Gasteiger charge is 2.31. The number of nitrogens with zero attached hydrogens (tertiary/aromatic N) is 1. The van der Waals surface area contributed by atoms with E-state index in [1.165, 1.54) is 0 Å². The summed E-state index contributed by atoms with van der Waals surface area (Å²) in [5.74, 6) is 0.0622. The van der Waals surface area contributed by atoms with Crippen LogP contribution in [0.25, 0.3) is 0 Å². The standard InChI is InChI=1S/C14H16ClF2NO2/c15-6-7-18(9-13(16)17)14(19)11-5-8-20-12-4-2-1-3-10(11)12/h1-4,11,13H,5-9H2. The fourth-order valence-corrected chi connectivity index (χ4v) is 2.58. The van der Waals surface area contributed by atoms with E-state index in [1.807, 2.05) is 12.1 Å². The third-order valence-corrected chi connectivity index (χ3v) is 3.45. The van der Waals surface area contributed by atoms with Gasteiger partial charge in [-0.05, 0) is 12.5 Å². The number of hydrogen-bond donors (Lipinski definition) is 0. The molecule has 2 rings (SSSR count). The van der Waals surface area contributed by atoms with Crippen LogP contribution in [-0.4, -0.2) is 42.8 Å². The molecule has 20 heavy (non-hydrogen) atoms. The van der Waals surface area contributed by atoms with Crippen LogP contribution in [0.1, 0.15) is 17.9 Å². The summed E-state index contributed by atoms with van der Waals surface area (Å²) in [6, 6.07) is 7.22. The molecule has 110 valence electrons. The minimum Gasteiger partial charge on any atom is -0.493 e. The van der Waals surface area contributed by atoms with Crippen molar-refractivity contribution in [3.63, 3.8) is 0 Å². The van der Waals surface area contributed by atoms with Crippen molar-refractivity contribution in [2.75, 3.05) is 25.6 Å². The molecule has 1 unspecified atom stereocenters.